The number of amides is 1. The molecule has 1 aliphatic heterocycles. The number of hydrogen-bond donors (Lipinski definition) is 1. The van der Waals surface area contributed by atoms with Gasteiger partial charge in [0.1, 0.15) is 11.4 Å². The highest BCUT2D eigenvalue weighted by atomic mass is 35.5. The second kappa shape index (κ2) is 10.4. The summed E-state index contributed by atoms with van der Waals surface area (Å²) in [4.78, 5) is 21.3. The number of halogens is 1. The van der Waals surface area contributed by atoms with Crippen LogP contribution in [0.4, 0.5) is 0 Å². The summed E-state index contributed by atoms with van der Waals surface area (Å²) in [6, 6.07) is 16.2. The Bertz CT molecular complexity index is 1060. The molecule has 1 amide bonds. The Balaban J connectivity index is 1.65. The highest BCUT2D eigenvalue weighted by Gasteiger charge is 2.52. The summed E-state index contributed by atoms with van der Waals surface area (Å²) in [5.41, 5.74) is 3.41. The Morgan fingerprint density at radius 3 is 2.37 bits per heavy atom. The van der Waals surface area contributed by atoms with Crippen LogP contribution < -0.4 is 5.32 Å². The molecule has 2 aromatic rings. The van der Waals surface area contributed by atoms with Crippen molar-refractivity contribution >= 4 is 23.2 Å². The lowest BCUT2D eigenvalue weighted by atomic mass is 9.69. The number of aliphatic imine (C=N–C) groups is 1. The fourth-order valence-corrected chi connectivity index (χ4v) is 5.97. The van der Waals surface area contributed by atoms with Gasteiger partial charge in [-0.15, -0.1) is 0 Å². The maximum absolute atomic E-state index is 14.0. The molecule has 2 aromatic carbocycles. The van der Waals surface area contributed by atoms with Gasteiger partial charge in [-0.3, -0.25) is 9.79 Å². The van der Waals surface area contributed by atoms with Gasteiger partial charge in [-0.25, -0.2) is 0 Å². The first-order valence-electron chi connectivity index (χ1n) is 13.1. The van der Waals surface area contributed by atoms with Gasteiger partial charge in [-0.05, 0) is 74.1 Å². The molecule has 4 nitrogen and oxygen atoms in total. The monoisotopic (exact) mass is 493 g/mol. The first-order valence-corrected chi connectivity index (χ1v) is 13.5. The fraction of sp³-hybridized carbons (Fsp3) is 0.533. The van der Waals surface area contributed by atoms with Crippen LogP contribution in [0.25, 0.3) is 0 Å². The molecule has 1 atom stereocenters. The molecule has 5 heteroatoms. The van der Waals surface area contributed by atoms with Crippen LogP contribution in [0, 0.1) is 11.3 Å². The lowest BCUT2D eigenvalue weighted by Crippen LogP contribution is -2.50. The van der Waals surface area contributed by atoms with Crippen LogP contribution in [-0.4, -0.2) is 28.7 Å². The summed E-state index contributed by atoms with van der Waals surface area (Å²) in [5, 5.41) is 4.04. The summed E-state index contributed by atoms with van der Waals surface area (Å²) >= 11 is 6.54. The van der Waals surface area contributed by atoms with Crippen LogP contribution in [-0.2, 0) is 11.3 Å². The van der Waals surface area contributed by atoms with Crippen LogP contribution in [0.5, 0.6) is 0 Å². The molecule has 0 aromatic heterocycles. The van der Waals surface area contributed by atoms with Crippen molar-refractivity contribution in [2.75, 3.05) is 6.54 Å². The molecule has 35 heavy (non-hydrogen) atoms. The van der Waals surface area contributed by atoms with E-state index in [2.05, 4.69) is 69.1 Å². The van der Waals surface area contributed by atoms with E-state index in [4.69, 9.17) is 16.6 Å². The highest BCUT2D eigenvalue weighted by molar-refractivity contribution is 6.50. The van der Waals surface area contributed by atoms with E-state index in [1.54, 1.807) is 0 Å². The van der Waals surface area contributed by atoms with Crippen LogP contribution >= 0.6 is 11.6 Å². The summed E-state index contributed by atoms with van der Waals surface area (Å²) in [5.74, 6) is 0.628. The number of carbonyl (C=O) groups excluding carboxylic acids is 1. The fourth-order valence-electron chi connectivity index (χ4n) is 5.75. The molecule has 1 aliphatic carbocycles. The molecular weight excluding hydrogens is 454 g/mol. The maximum atomic E-state index is 14.0. The van der Waals surface area contributed by atoms with Gasteiger partial charge >= 0.3 is 0 Å². The van der Waals surface area contributed by atoms with E-state index in [1.807, 2.05) is 24.3 Å². The number of nitrogens with one attached hydrogen (secondary N) is 1. The summed E-state index contributed by atoms with van der Waals surface area (Å²) < 4.78 is 0. The Morgan fingerprint density at radius 1 is 1.11 bits per heavy atom. The van der Waals surface area contributed by atoms with Crippen molar-refractivity contribution in [2.24, 2.45) is 16.3 Å². The van der Waals surface area contributed by atoms with Crippen molar-refractivity contribution in [3.63, 3.8) is 0 Å². The Morgan fingerprint density at radius 2 is 1.77 bits per heavy atom. The third kappa shape index (κ3) is 5.34. The van der Waals surface area contributed by atoms with Gasteiger partial charge < -0.3 is 10.2 Å². The number of nitrogens with zero attached hydrogens (tertiary/aromatic N) is 2. The van der Waals surface area contributed by atoms with Gasteiger partial charge in [0.25, 0.3) is 5.91 Å². The molecule has 188 valence electrons. The molecule has 0 saturated heterocycles. The normalized spacial score (nSPS) is 23.6. The Hall–Kier alpha value is -2.17. The van der Waals surface area contributed by atoms with E-state index in [1.165, 1.54) is 5.56 Å². The molecule has 1 heterocycles. The average Bonchev–Trinajstić information content (AvgIpc) is 3.10. The van der Waals surface area contributed by atoms with Gasteiger partial charge in [0.15, 0.2) is 0 Å². The van der Waals surface area contributed by atoms with Crippen molar-refractivity contribution in [1.82, 2.24) is 10.2 Å². The van der Waals surface area contributed by atoms with Crippen molar-refractivity contribution in [3.8, 4) is 0 Å². The predicted molar refractivity (Wildman–Crippen MR) is 146 cm³/mol. The minimum Gasteiger partial charge on any atom is -0.313 e. The van der Waals surface area contributed by atoms with Crippen molar-refractivity contribution in [2.45, 2.75) is 85.0 Å². The number of rotatable bonds is 7. The lowest BCUT2D eigenvalue weighted by Gasteiger charge is -2.46. The number of hydrogen-bond acceptors (Lipinski definition) is 3. The first kappa shape index (κ1) is 25.9. The standard InChI is InChI=1S/C30H40ClN3O/c1-6-19-32-20-22-11-13-23(14-12-22)21(2)34-28(35)27(25-9-7-8-10-26(25)31)33-30(34)17-15-24(16-18-30)29(3,4)5/h7-14,21,24,32H,6,15-20H2,1-5H3. The summed E-state index contributed by atoms with van der Waals surface area (Å²) in [6.45, 7) is 13.2. The quantitative estimate of drug-likeness (QED) is 0.415. The van der Waals surface area contributed by atoms with Crippen molar-refractivity contribution < 1.29 is 4.79 Å². The summed E-state index contributed by atoms with van der Waals surface area (Å²) in [7, 11) is 0. The van der Waals surface area contributed by atoms with Gasteiger partial charge in [-0.1, -0.05) is 81.8 Å². The van der Waals surface area contributed by atoms with E-state index in [9.17, 15) is 4.79 Å². The van der Waals surface area contributed by atoms with Crippen molar-refractivity contribution in [3.05, 3.63) is 70.2 Å². The summed E-state index contributed by atoms with van der Waals surface area (Å²) in [6.07, 6.45) is 5.04. The Labute approximate surface area is 216 Å². The lowest BCUT2D eigenvalue weighted by molar-refractivity contribution is -0.132. The third-order valence-corrected chi connectivity index (χ3v) is 8.26. The molecule has 1 spiro atoms. The van der Waals surface area contributed by atoms with E-state index in [-0.39, 0.29) is 17.4 Å². The molecule has 1 saturated carbocycles. The molecule has 2 aliphatic rings. The number of benzene rings is 2. The zero-order chi connectivity index (χ0) is 25.2. The average molecular weight is 494 g/mol. The van der Waals surface area contributed by atoms with Crippen LogP contribution in [0.3, 0.4) is 0 Å². The molecular formula is C30H40ClN3O. The second-order valence-corrected chi connectivity index (χ2v) is 11.7. The van der Waals surface area contributed by atoms with E-state index >= 15 is 0 Å². The second-order valence-electron chi connectivity index (χ2n) is 11.3. The smallest absolute Gasteiger partial charge is 0.275 e. The predicted octanol–water partition coefficient (Wildman–Crippen LogP) is 7.16. The molecule has 1 N–H and O–H groups in total. The zero-order valence-electron chi connectivity index (χ0n) is 21.9. The van der Waals surface area contributed by atoms with Crippen LogP contribution in [0.2, 0.25) is 5.02 Å². The molecule has 1 unspecified atom stereocenters. The van der Waals surface area contributed by atoms with Crippen molar-refractivity contribution in [1.29, 1.82) is 0 Å². The number of carbonyl (C=O) groups is 1. The molecule has 4 rings (SSSR count). The molecule has 1 fully saturated rings. The van der Waals surface area contributed by atoms with Gasteiger partial charge in [-0.2, -0.15) is 0 Å². The minimum atomic E-state index is -0.506. The topological polar surface area (TPSA) is 44.7 Å². The third-order valence-electron chi connectivity index (χ3n) is 7.94. The SMILES string of the molecule is CCCNCc1ccc(C(C)N2C(=O)C(c3ccccc3Cl)=NC23CCC(C(C)(C)C)CC3)cc1. The van der Waals surface area contributed by atoms with E-state index < -0.39 is 5.66 Å². The first-order chi connectivity index (χ1) is 16.7. The van der Waals surface area contributed by atoms with Gasteiger partial charge in [0, 0.05) is 12.1 Å². The highest BCUT2D eigenvalue weighted by Crippen LogP contribution is 2.49. The Kier molecular flexibility index (Phi) is 7.73. The molecule has 0 radical (unpaired) electrons. The molecule has 0 bridgehead atoms. The largest absolute Gasteiger partial charge is 0.313 e. The van der Waals surface area contributed by atoms with Crippen LogP contribution in [0.15, 0.2) is 53.5 Å². The minimum absolute atomic E-state index is 0.00602. The van der Waals surface area contributed by atoms with E-state index in [0.717, 1.165) is 56.3 Å². The van der Waals surface area contributed by atoms with Crippen LogP contribution in [0.1, 0.15) is 89.5 Å². The van der Waals surface area contributed by atoms with E-state index in [0.29, 0.717) is 16.7 Å². The maximum Gasteiger partial charge on any atom is 0.275 e. The van der Waals surface area contributed by atoms with Gasteiger partial charge in [0.05, 0.1) is 11.1 Å². The van der Waals surface area contributed by atoms with Gasteiger partial charge in [0.2, 0.25) is 0 Å². The zero-order valence-corrected chi connectivity index (χ0v) is 22.7.